The van der Waals surface area contributed by atoms with Crippen molar-refractivity contribution in [3.8, 4) is 5.75 Å². The number of pyridine rings is 1. The third-order valence-electron chi connectivity index (χ3n) is 3.46. The van der Waals surface area contributed by atoms with Gasteiger partial charge in [0.05, 0.1) is 17.5 Å². The van der Waals surface area contributed by atoms with Crippen LogP contribution in [0, 0.1) is 0 Å². The summed E-state index contributed by atoms with van der Waals surface area (Å²) in [7, 11) is 1.35. The topological polar surface area (TPSA) is 59.4 Å². The molecule has 3 aromatic rings. The highest BCUT2D eigenvalue weighted by Gasteiger charge is 2.14. The summed E-state index contributed by atoms with van der Waals surface area (Å²) in [6.07, 6.45) is 3.40. The van der Waals surface area contributed by atoms with Gasteiger partial charge in [-0.1, -0.05) is 41.6 Å². The Morgan fingerprint density at radius 3 is 2.68 bits per heavy atom. The average molecular weight is 372 g/mol. The lowest BCUT2D eigenvalue weighted by Crippen LogP contribution is -2.02. The summed E-state index contributed by atoms with van der Waals surface area (Å²) in [6, 6.07) is 13.9. The van der Waals surface area contributed by atoms with Crippen molar-refractivity contribution in [3.63, 3.8) is 0 Å². The van der Waals surface area contributed by atoms with E-state index in [9.17, 15) is 9.90 Å². The van der Waals surface area contributed by atoms with E-state index in [0.29, 0.717) is 9.93 Å². The summed E-state index contributed by atoms with van der Waals surface area (Å²) in [5.41, 5.74) is 1.54. The van der Waals surface area contributed by atoms with Crippen LogP contribution in [0.15, 0.2) is 64.5 Å². The molecule has 1 heterocycles. The van der Waals surface area contributed by atoms with Gasteiger partial charge in [-0.3, -0.25) is 4.98 Å². The first kappa shape index (κ1) is 17.3. The summed E-state index contributed by atoms with van der Waals surface area (Å²) >= 11 is 7.31. The van der Waals surface area contributed by atoms with Crippen LogP contribution in [0.4, 0.5) is 0 Å². The number of fused-ring (bicyclic) bond motifs is 1. The zero-order valence-corrected chi connectivity index (χ0v) is 14.8. The molecule has 0 amide bonds. The molecule has 0 spiro atoms. The molecule has 126 valence electrons. The van der Waals surface area contributed by atoms with Crippen molar-refractivity contribution in [2.75, 3.05) is 7.11 Å². The zero-order chi connectivity index (χ0) is 17.8. The van der Waals surface area contributed by atoms with E-state index in [2.05, 4.69) is 4.98 Å². The van der Waals surface area contributed by atoms with E-state index in [1.165, 1.54) is 18.9 Å². The first-order chi connectivity index (χ1) is 12.1. The normalized spacial score (nSPS) is 11.5. The van der Waals surface area contributed by atoms with Crippen LogP contribution in [0.2, 0.25) is 5.02 Å². The minimum absolute atomic E-state index is 0.168. The number of aromatic hydroxyl groups is 1. The summed E-state index contributed by atoms with van der Waals surface area (Å²) in [5, 5.41) is 10.9. The minimum Gasteiger partial charge on any atom is -0.508 e. The van der Waals surface area contributed by atoms with Crippen LogP contribution in [0.3, 0.4) is 0 Å². The first-order valence-electron chi connectivity index (χ1n) is 7.38. The monoisotopic (exact) mass is 371 g/mol. The first-order valence-corrected chi connectivity index (χ1v) is 8.57. The molecule has 0 fully saturated rings. The number of hydrogen-bond donors (Lipinski definition) is 1. The molecule has 0 radical (unpaired) electrons. The van der Waals surface area contributed by atoms with Crippen molar-refractivity contribution in [1.82, 2.24) is 4.98 Å². The van der Waals surface area contributed by atoms with Gasteiger partial charge in [0.25, 0.3) is 0 Å². The lowest BCUT2D eigenvalue weighted by atomic mass is 10.2. The van der Waals surface area contributed by atoms with Crippen molar-refractivity contribution in [2.24, 2.45) is 0 Å². The molecule has 0 atom stereocenters. The molecule has 0 bridgehead atoms. The Labute approximate surface area is 154 Å². The van der Waals surface area contributed by atoms with Crippen molar-refractivity contribution in [3.05, 3.63) is 70.2 Å². The minimum atomic E-state index is -0.433. The van der Waals surface area contributed by atoms with E-state index in [1.54, 1.807) is 48.7 Å². The van der Waals surface area contributed by atoms with Crippen molar-refractivity contribution >= 4 is 46.3 Å². The van der Waals surface area contributed by atoms with Crippen LogP contribution in [0.25, 0.3) is 17.0 Å². The predicted molar refractivity (Wildman–Crippen MR) is 101 cm³/mol. The van der Waals surface area contributed by atoms with Crippen LogP contribution < -0.4 is 0 Å². The van der Waals surface area contributed by atoms with Gasteiger partial charge >= 0.3 is 5.97 Å². The highest BCUT2D eigenvalue weighted by Crippen LogP contribution is 2.34. The molecule has 0 aliphatic rings. The van der Waals surface area contributed by atoms with E-state index in [1.807, 2.05) is 12.1 Å². The Morgan fingerprint density at radius 1 is 1.20 bits per heavy atom. The number of esters is 1. The van der Waals surface area contributed by atoms with Gasteiger partial charge in [0.15, 0.2) is 0 Å². The fourth-order valence-electron chi connectivity index (χ4n) is 2.26. The number of methoxy groups -OCH3 is 1. The van der Waals surface area contributed by atoms with Crippen molar-refractivity contribution < 1.29 is 14.6 Å². The summed E-state index contributed by atoms with van der Waals surface area (Å²) in [4.78, 5) is 17.8. The Morgan fingerprint density at radius 2 is 1.96 bits per heavy atom. The number of phenols is 1. The van der Waals surface area contributed by atoms with Gasteiger partial charge in [-0.05, 0) is 42.0 Å². The smallest absolute Gasteiger partial charge is 0.344 e. The van der Waals surface area contributed by atoms with Gasteiger partial charge in [-0.2, -0.15) is 0 Å². The zero-order valence-electron chi connectivity index (χ0n) is 13.3. The van der Waals surface area contributed by atoms with Crippen molar-refractivity contribution in [1.29, 1.82) is 0 Å². The third kappa shape index (κ3) is 4.13. The molecule has 0 aliphatic heterocycles. The number of phenolic OH excluding ortho intramolecular Hbond substituents is 1. The highest BCUT2D eigenvalue weighted by molar-refractivity contribution is 8.04. The molecule has 1 aromatic heterocycles. The summed E-state index contributed by atoms with van der Waals surface area (Å²) < 4.78 is 4.90. The van der Waals surface area contributed by atoms with Crippen LogP contribution in [0.1, 0.15) is 5.56 Å². The van der Waals surface area contributed by atoms with Gasteiger partial charge in [-0.15, -0.1) is 0 Å². The Kier molecular flexibility index (Phi) is 5.26. The fourth-order valence-corrected chi connectivity index (χ4v) is 3.43. The molecule has 0 saturated heterocycles. The van der Waals surface area contributed by atoms with E-state index in [-0.39, 0.29) is 5.75 Å². The third-order valence-corrected chi connectivity index (χ3v) is 4.78. The van der Waals surface area contributed by atoms with Gasteiger partial charge in [0, 0.05) is 21.5 Å². The maximum atomic E-state index is 12.2. The second-order valence-corrected chi connectivity index (χ2v) is 6.68. The lowest BCUT2D eigenvalue weighted by molar-refractivity contribution is -0.135. The molecule has 25 heavy (non-hydrogen) atoms. The second-order valence-electron chi connectivity index (χ2n) is 5.16. The number of benzene rings is 2. The number of thioether (sulfide) groups is 1. The van der Waals surface area contributed by atoms with E-state index < -0.39 is 5.97 Å². The summed E-state index contributed by atoms with van der Waals surface area (Å²) in [6.45, 7) is 0. The number of carbonyl (C=O) groups is 1. The van der Waals surface area contributed by atoms with Gasteiger partial charge in [0.2, 0.25) is 0 Å². The number of nitrogens with zero attached hydrogens (tertiary/aromatic N) is 1. The molecular formula is C19H14ClNO3S. The Hall–Kier alpha value is -2.50. The largest absolute Gasteiger partial charge is 0.508 e. The molecule has 0 aliphatic carbocycles. The molecular weight excluding hydrogens is 358 g/mol. The average Bonchev–Trinajstić information content (AvgIpc) is 2.62. The van der Waals surface area contributed by atoms with Crippen LogP contribution in [-0.2, 0) is 9.53 Å². The highest BCUT2D eigenvalue weighted by atomic mass is 35.5. The number of rotatable bonds is 4. The van der Waals surface area contributed by atoms with E-state index in [4.69, 9.17) is 16.3 Å². The molecule has 3 rings (SSSR count). The maximum absolute atomic E-state index is 12.2. The van der Waals surface area contributed by atoms with Gasteiger partial charge in [-0.25, -0.2) is 4.79 Å². The maximum Gasteiger partial charge on any atom is 0.344 e. The van der Waals surface area contributed by atoms with Crippen LogP contribution in [-0.4, -0.2) is 23.2 Å². The fraction of sp³-hybridized carbons (Fsp3) is 0.0526. The second kappa shape index (κ2) is 7.59. The standard InChI is InChI=1S/C19H14ClNO3S/c1-24-19(23)18(10-12-2-5-14(22)6-3-12)25-17-8-9-21-16-11-13(20)4-7-15(16)17/h2-11,22H,1H3. The molecule has 4 nitrogen and oxygen atoms in total. The van der Waals surface area contributed by atoms with E-state index >= 15 is 0 Å². The van der Waals surface area contributed by atoms with Crippen molar-refractivity contribution in [2.45, 2.75) is 4.90 Å². The molecule has 2 aromatic carbocycles. The molecule has 0 saturated carbocycles. The quantitative estimate of drug-likeness (QED) is 0.401. The number of hydrogen-bond acceptors (Lipinski definition) is 5. The number of halogens is 1. The van der Waals surface area contributed by atoms with Crippen LogP contribution >= 0.6 is 23.4 Å². The number of ether oxygens (including phenoxy) is 1. The Bertz CT molecular complexity index is 955. The van der Waals surface area contributed by atoms with E-state index in [0.717, 1.165) is 21.4 Å². The van der Waals surface area contributed by atoms with Crippen LogP contribution in [0.5, 0.6) is 5.75 Å². The lowest BCUT2D eigenvalue weighted by Gasteiger charge is -2.08. The molecule has 1 N–H and O–H groups in total. The predicted octanol–water partition coefficient (Wildman–Crippen LogP) is 4.90. The summed E-state index contributed by atoms with van der Waals surface area (Å²) in [5.74, 6) is -0.265. The Balaban J connectivity index is 2.01. The SMILES string of the molecule is COC(=O)C(=Cc1ccc(O)cc1)Sc1ccnc2cc(Cl)ccc12. The number of carbonyl (C=O) groups excluding carboxylic acids is 1. The van der Waals surface area contributed by atoms with Gasteiger partial charge < -0.3 is 9.84 Å². The van der Waals surface area contributed by atoms with Gasteiger partial charge in [0.1, 0.15) is 5.75 Å². The number of aromatic nitrogens is 1. The molecule has 6 heteroatoms. The molecule has 0 unspecified atom stereocenters.